The van der Waals surface area contributed by atoms with Gasteiger partial charge >= 0.3 is 0 Å². The second-order valence-electron chi connectivity index (χ2n) is 1.90. The molecular weight excluding hydrogens is 132 g/mol. The SMILES string of the molecule is Cc1nccc(C(O)O)n1. The molecule has 0 aromatic carbocycles. The molecule has 1 aromatic rings. The molecule has 0 aliphatic heterocycles. The summed E-state index contributed by atoms with van der Waals surface area (Å²) in [6.07, 6.45) is -0.0152. The van der Waals surface area contributed by atoms with Crippen LogP contribution in [0.15, 0.2) is 12.3 Å². The predicted molar refractivity (Wildman–Crippen MR) is 33.9 cm³/mol. The minimum atomic E-state index is -1.50. The number of hydrogen-bond donors (Lipinski definition) is 2. The lowest BCUT2D eigenvalue weighted by Gasteiger charge is -2.00. The first-order valence-electron chi connectivity index (χ1n) is 2.86. The van der Waals surface area contributed by atoms with Gasteiger partial charge < -0.3 is 10.2 Å². The van der Waals surface area contributed by atoms with E-state index in [1.54, 1.807) is 6.92 Å². The third kappa shape index (κ3) is 1.49. The predicted octanol–water partition coefficient (Wildman–Crippen LogP) is -0.232. The molecule has 0 unspecified atom stereocenters. The number of rotatable bonds is 1. The Balaban J connectivity index is 2.96. The molecular formula is C6H8N2O2. The number of aliphatic hydroxyl groups excluding tert-OH is 1. The summed E-state index contributed by atoms with van der Waals surface area (Å²) in [5, 5.41) is 17.2. The fourth-order valence-corrected chi connectivity index (χ4v) is 0.618. The van der Waals surface area contributed by atoms with E-state index in [0.717, 1.165) is 0 Å². The van der Waals surface area contributed by atoms with E-state index in [1.165, 1.54) is 12.3 Å². The number of aromatic nitrogens is 2. The summed E-state index contributed by atoms with van der Waals surface area (Å²) >= 11 is 0. The van der Waals surface area contributed by atoms with E-state index >= 15 is 0 Å². The lowest BCUT2D eigenvalue weighted by molar-refractivity contribution is -0.0460. The van der Waals surface area contributed by atoms with Crippen molar-refractivity contribution in [3.05, 3.63) is 23.8 Å². The highest BCUT2D eigenvalue weighted by Gasteiger charge is 2.02. The summed E-state index contributed by atoms with van der Waals surface area (Å²) in [7, 11) is 0. The quantitative estimate of drug-likeness (QED) is 0.529. The Labute approximate surface area is 58.2 Å². The van der Waals surface area contributed by atoms with E-state index in [2.05, 4.69) is 9.97 Å². The molecule has 0 bridgehead atoms. The van der Waals surface area contributed by atoms with E-state index in [-0.39, 0.29) is 5.69 Å². The summed E-state index contributed by atoms with van der Waals surface area (Å²) < 4.78 is 0. The lowest BCUT2D eigenvalue weighted by atomic mass is 10.4. The minimum absolute atomic E-state index is 0.229. The van der Waals surface area contributed by atoms with Crippen molar-refractivity contribution in [3.8, 4) is 0 Å². The maximum atomic E-state index is 8.61. The molecule has 4 nitrogen and oxygen atoms in total. The second kappa shape index (κ2) is 2.72. The summed E-state index contributed by atoms with van der Waals surface area (Å²) in [6.45, 7) is 1.69. The van der Waals surface area contributed by atoms with Gasteiger partial charge in [-0.05, 0) is 13.0 Å². The zero-order valence-corrected chi connectivity index (χ0v) is 5.52. The van der Waals surface area contributed by atoms with Crippen molar-refractivity contribution in [2.75, 3.05) is 0 Å². The van der Waals surface area contributed by atoms with Crippen molar-refractivity contribution in [1.82, 2.24) is 9.97 Å². The molecule has 0 fully saturated rings. The molecule has 1 heterocycles. The van der Waals surface area contributed by atoms with Crippen LogP contribution in [0.1, 0.15) is 17.8 Å². The number of aliphatic hydroxyl groups is 2. The first-order chi connectivity index (χ1) is 4.70. The van der Waals surface area contributed by atoms with Gasteiger partial charge in [-0.25, -0.2) is 9.97 Å². The summed E-state index contributed by atoms with van der Waals surface area (Å²) in [5.74, 6) is 0.533. The summed E-state index contributed by atoms with van der Waals surface area (Å²) in [4.78, 5) is 7.55. The average molecular weight is 140 g/mol. The zero-order chi connectivity index (χ0) is 7.56. The Morgan fingerprint density at radius 2 is 2.20 bits per heavy atom. The van der Waals surface area contributed by atoms with E-state index in [9.17, 15) is 0 Å². The normalized spacial score (nSPS) is 10.4. The van der Waals surface area contributed by atoms with Gasteiger partial charge in [0, 0.05) is 6.20 Å². The van der Waals surface area contributed by atoms with Gasteiger partial charge in [-0.15, -0.1) is 0 Å². The molecule has 0 amide bonds. The van der Waals surface area contributed by atoms with Crippen LogP contribution in [0.5, 0.6) is 0 Å². The van der Waals surface area contributed by atoms with Gasteiger partial charge in [-0.3, -0.25) is 0 Å². The minimum Gasteiger partial charge on any atom is -0.363 e. The van der Waals surface area contributed by atoms with Gasteiger partial charge in [0.05, 0.1) is 5.69 Å². The maximum absolute atomic E-state index is 8.61. The number of nitrogens with zero attached hydrogens (tertiary/aromatic N) is 2. The van der Waals surface area contributed by atoms with E-state index < -0.39 is 6.29 Å². The zero-order valence-electron chi connectivity index (χ0n) is 5.52. The van der Waals surface area contributed by atoms with Gasteiger partial charge in [0.1, 0.15) is 5.82 Å². The first kappa shape index (κ1) is 7.11. The van der Waals surface area contributed by atoms with Crippen molar-refractivity contribution in [3.63, 3.8) is 0 Å². The monoisotopic (exact) mass is 140 g/mol. The molecule has 54 valence electrons. The molecule has 0 aliphatic carbocycles. The van der Waals surface area contributed by atoms with E-state index in [1.807, 2.05) is 0 Å². The summed E-state index contributed by atoms with van der Waals surface area (Å²) in [6, 6.07) is 1.46. The van der Waals surface area contributed by atoms with E-state index in [4.69, 9.17) is 10.2 Å². The largest absolute Gasteiger partial charge is 0.363 e. The van der Waals surface area contributed by atoms with Gasteiger partial charge in [-0.1, -0.05) is 0 Å². The molecule has 0 spiro atoms. The van der Waals surface area contributed by atoms with Crippen LogP contribution in [0.4, 0.5) is 0 Å². The second-order valence-corrected chi connectivity index (χ2v) is 1.90. The molecule has 4 heteroatoms. The van der Waals surface area contributed by atoms with Gasteiger partial charge in [0.25, 0.3) is 0 Å². The fraction of sp³-hybridized carbons (Fsp3) is 0.333. The van der Waals surface area contributed by atoms with Gasteiger partial charge in [0.15, 0.2) is 6.29 Å². The smallest absolute Gasteiger partial charge is 0.196 e. The Kier molecular flexibility index (Phi) is 1.94. The van der Waals surface area contributed by atoms with Crippen LogP contribution in [0, 0.1) is 6.92 Å². The van der Waals surface area contributed by atoms with Crippen LogP contribution in [-0.4, -0.2) is 20.2 Å². The Morgan fingerprint density at radius 1 is 1.50 bits per heavy atom. The molecule has 1 rings (SSSR count). The van der Waals surface area contributed by atoms with Crippen molar-refractivity contribution in [2.45, 2.75) is 13.2 Å². The third-order valence-electron chi connectivity index (χ3n) is 1.06. The van der Waals surface area contributed by atoms with Crippen LogP contribution in [0.2, 0.25) is 0 Å². The standard InChI is InChI=1S/C6H8N2O2/c1-4-7-3-2-5(8-4)6(9)10/h2-3,6,9-10H,1H3. The van der Waals surface area contributed by atoms with Crippen LogP contribution in [-0.2, 0) is 0 Å². The highest BCUT2D eigenvalue weighted by molar-refractivity contribution is 5.01. The van der Waals surface area contributed by atoms with Gasteiger partial charge in [-0.2, -0.15) is 0 Å². The molecule has 1 aromatic heterocycles. The highest BCUT2D eigenvalue weighted by atomic mass is 16.5. The molecule has 0 saturated heterocycles. The highest BCUT2D eigenvalue weighted by Crippen LogP contribution is 2.03. The summed E-state index contributed by atoms with van der Waals surface area (Å²) in [5.41, 5.74) is 0.229. The van der Waals surface area contributed by atoms with E-state index in [0.29, 0.717) is 5.82 Å². The first-order valence-corrected chi connectivity index (χ1v) is 2.86. The Morgan fingerprint density at radius 3 is 2.60 bits per heavy atom. The number of aryl methyl sites for hydroxylation is 1. The Hall–Kier alpha value is -1.00. The van der Waals surface area contributed by atoms with Crippen LogP contribution < -0.4 is 0 Å². The van der Waals surface area contributed by atoms with Crippen LogP contribution in [0.3, 0.4) is 0 Å². The Bertz CT molecular complexity index is 225. The van der Waals surface area contributed by atoms with Crippen molar-refractivity contribution in [2.24, 2.45) is 0 Å². The molecule has 0 saturated carbocycles. The topological polar surface area (TPSA) is 66.2 Å². The van der Waals surface area contributed by atoms with Crippen molar-refractivity contribution < 1.29 is 10.2 Å². The molecule has 0 atom stereocenters. The molecule has 2 N–H and O–H groups in total. The fourth-order valence-electron chi connectivity index (χ4n) is 0.618. The van der Waals surface area contributed by atoms with Crippen LogP contribution >= 0.6 is 0 Å². The van der Waals surface area contributed by atoms with Crippen molar-refractivity contribution >= 4 is 0 Å². The lowest BCUT2D eigenvalue weighted by Crippen LogP contribution is -2.00. The van der Waals surface area contributed by atoms with Crippen LogP contribution in [0.25, 0.3) is 0 Å². The molecule has 0 radical (unpaired) electrons. The van der Waals surface area contributed by atoms with Crippen molar-refractivity contribution in [1.29, 1.82) is 0 Å². The molecule has 10 heavy (non-hydrogen) atoms. The maximum Gasteiger partial charge on any atom is 0.196 e. The number of hydrogen-bond acceptors (Lipinski definition) is 4. The average Bonchev–Trinajstić information content (AvgIpc) is 1.88. The molecule has 0 aliphatic rings. The third-order valence-corrected chi connectivity index (χ3v) is 1.06. The van der Waals surface area contributed by atoms with Gasteiger partial charge in [0.2, 0.25) is 0 Å².